The number of hydrogen-bond donors (Lipinski definition) is 1. The fourth-order valence-corrected chi connectivity index (χ4v) is 5.31. The molecule has 0 aliphatic carbocycles. The van der Waals surface area contributed by atoms with Crippen LogP contribution in [0.2, 0.25) is 0 Å². The molecule has 1 unspecified atom stereocenters. The molecule has 0 saturated carbocycles. The normalized spacial score (nSPS) is 29.7. The van der Waals surface area contributed by atoms with Gasteiger partial charge in [-0.2, -0.15) is 4.72 Å². The summed E-state index contributed by atoms with van der Waals surface area (Å²) < 4.78 is 57.3. The van der Waals surface area contributed by atoms with Crippen molar-refractivity contribution in [3.05, 3.63) is 34.4 Å². The van der Waals surface area contributed by atoms with E-state index in [1.807, 2.05) is 6.92 Å². The zero-order valence-electron chi connectivity index (χ0n) is 18.9. The number of nitrogens with zero attached hydrogens (tertiary/aromatic N) is 1. The molecule has 2 bridgehead atoms. The van der Waals surface area contributed by atoms with Gasteiger partial charge >= 0.3 is 5.97 Å². The van der Waals surface area contributed by atoms with Crippen molar-refractivity contribution in [1.29, 1.82) is 0 Å². The Hall–Kier alpha value is -2.11. The van der Waals surface area contributed by atoms with Gasteiger partial charge in [0.1, 0.15) is 12.6 Å². The summed E-state index contributed by atoms with van der Waals surface area (Å²) in [5, 5.41) is 11.4. The zero-order valence-corrected chi connectivity index (χ0v) is 19.7. The number of sulfonamides is 1. The molecule has 4 fully saturated rings. The van der Waals surface area contributed by atoms with Crippen molar-refractivity contribution in [1.82, 2.24) is 4.72 Å². The molecule has 2 atom stereocenters. The van der Waals surface area contributed by atoms with Crippen LogP contribution in [0.5, 0.6) is 0 Å². The number of benzene rings is 1. The summed E-state index contributed by atoms with van der Waals surface area (Å²) >= 11 is 0. The average molecular weight is 497 g/mol. The van der Waals surface area contributed by atoms with Crippen molar-refractivity contribution in [2.24, 2.45) is 5.41 Å². The monoisotopic (exact) mass is 496 g/mol. The van der Waals surface area contributed by atoms with Gasteiger partial charge in [0.05, 0.1) is 24.7 Å². The minimum atomic E-state index is -4.34. The van der Waals surface area contributed by atoms with Crippen LogP contribution in [0, 0.1) is 27.4 Å². The molecule has 4 heterocycles. The van der Waals surface area contributed by atoms with Gasteiger partial charge in [0.2, 0.25) is 10.0 Å². The molecule has 186 valence electrons. The summed E-state index contributed by atoms with van der Waals surface area (Å²) in [5.74, 6) is 4.06. The number of nitro benzene ring substituents is 1. The largest absolute Gasteiger partial charge is 0.353 e. The molecule has 5 rings (SSSR count). The molecule has 34 heavy (non-hydrogen) atoms. The number of nitrogens with one attached hydrogen (secondary N) is 1. The molecule has 4 saturated heterocycles. The second kappa shape index (κ2) is 10.2. The number of rotatable bonds is 8. The van der Waals surface area contributed by atoms with E-state index in [1.54, 1.807) is 0 Å². The summed E-state index contributed by atoms with van der Waals surface area (Å²) in [6.07, 6.45) is 2.51. The van der Waals surface area contributed by atoms with Gasteiger partial charge in [-0.3, -0.25) is 10.1 Å². The lowest BCUT2D eigenvalue weighted by molar-refractivity contribution is -0.472. The lowest BCUT2D eigenvalue weighted by Gasteiger charge is -2.52. The quantitative estimate of drug-likeness (QED) is 0.325. The van der Waals surface area contributed by atoms with Crippen LogP contribution in [0.15, 0.2) is 29.2 Å². The topological polar surface area (TPSA) is 135 Å². The Kier molecular flexibility index (Phi) is 7.54. The third-order valence-electron chi connectivity index (χ3n) is 5.85. The van der Waals surface area contributed by atoms with Gasteiger partial charge in [-0.1, -0.05) is 30.9 Å². The first-order valence-corrected chi connectivity index (χ1v) is 12.6. The van der Waals surface area contributed by atoms with E-state index >= 15 is 0 Å². The van der Waals surface area contributed by atoms with E-state index in [-0.39, 0.29) is 24.7 Å². The number of nitro groups is 1. The number of fused-ring (bicyclic) bond motifs is 3. The van der Waals surface area contributed by atoms with Crippen LogP contribution in [0.4, 0.5) is 5.69 Å². The van der Waals surface area contributed by atoms with E-state index in [4.69, 9.17) is 23.7 Å². The highest BCUT2D eigenvalue weighted by atomic mass is 32.2. The van der Waals surface area contributed by atoms with Crippen molar-refractivity contribution >= 4 is 15.7 Å². The third-order valence-corrected chi connectivity index (χ3v) is 7.37. The van der Waals surface area contributed by atoms with Crippen LogP contribution < -0.4 is 4.72 Å². The first-order valence-electron chi connectivity index (χ1n) is 11.1. The first kappa shape index (κ1) is 25.0. The molecule has 0 aromatic heterocycles. The summed E-state index contributed by atoms with van der Waals surface area (Å²) in [4.78, 5) is 10.2. The van der Waals surface area contributed by atoms with Gasteiger partial charge in [-0.05, 0) is 25.3 Å². The predicted molar refractivity (Wildman–Crippen MR) is 118 cm³/mol. The molecule has 1 aromatic carbocycles. The van der Waals surface area contributed by atoms with Crippen LogP contribution in [0.3, 0.4) is 0 Å². The lowest BCUT2D eigenvalue weighted by Crippen LogP contribution is -2.67. The molecule has 1 N–H and O–H groups in total. The second-order valence-corrected chi connectivity index (χ2v) is 10.5. The molecular weight excluding hydrogens is 468 g/mol. The SMILES string of the molecule is CC12COC([C@H](CC#CCOC3CCCCO3)NS(=O)(=O)c3ccccc3[N+](=O)[O-])(OC1)OC2. The maximum absolute atomic E-state index is 13.2. The highest BCUT2D eigenvalue weighted by Gasteiger charge is 2.55. The van der Waals surface area contributed by atoms with E-state index in [1.165, 1.54) is 18.2 Å². The number of hydrogen-bond acceptors (Lipinski definition) is 9. The van der Waals surface area contributed by atoms with Crippen molar-refractivity contribution in [2.75, 3.05) is 33.0 Å². The van der Waals surface area contributed by atoms with Crippen LogP contribution in [-0.2, 0) is 33.7 Å². The maximum atomic E-state index is 13.2. The molecule has 4 aliphatic rings. The second-order valence-electron chi connectivity index (χ2n) is 8.84. The van der Waals surface area contributed by atoms with Gasteiger partial charge in [-0.15, -0.1) is 0 Å². The molecule has 4 aliphatic heterocycles. The molecule has 11 nitrogen and oxygen atoms in total. The Morgan fingerprint density at radius 2 is 1.91 bits per heavy atom. The Morgan fingerprint density at radius 1 is 1.21 bits per heavy atom. The molecule has 12 heteroatoms. The zero-order chi connectivity index (χ0) is 24.2. The molecule has 0 spiro atoms. The Labute approximate surface area is 198 Å². The number of ether oxygens (including phenoxy) is 5. The van der Waals surface area contributed by atoms with Gasteiger partial charge in [0, 0.05) is 24.5 Å². The molecular formula is C22H28N2O9S. The number of para-hydroxylation sites is 1. The van der Waals surface area contributed by atoms with Gasteiger partial charge in [0.15, 0.2) is 11.2 Å². The minimum absolute atomic E-state index is 0.0363. The fraction of sp³-hybridized carbons (Fsp3) is 0.636. The van der Waals surface area contributed by atoms with Crippen molar-refractivity contribution in [3.63, 3.8) is 0 Å². The van der Waals surface area contributed by atoms with Crippen LogP contribution in [-0.4, -0.2) is 64.7 Å². The van der Waals surface area contributed by atoms with E-state index in [0.717, 1.165) is 25.3 Å². The van der Waals surface area contributed by atoms with Crippen LogP contribution in [0.25, 0.3) is 0 Å². The predicted octanol–water partition coefficient (Wildman–Crippen LogP) is 1.92. The third kappa shape index (κ3) is 5.58. The minimum Gasteiger partial charge on any atom is -0.353 e. The summed E-state index contributed by atoms with van der Waals surface area (Å²) in [6, 6.07) is 4.02. The smallest absolute Gasteiger partial charge is 0.301 e. The van der Waals surface area contributed by atoms with E-state index in [9.17, 15) is 18.5 Å². The van der Waals surface area contributed by atoms with Crippen molar-refractivity contribution < 1.29 is 37.0 Å². The summed E-state index contributed by atoms with van der Waals surface area (Å²) in [5.41, 5.74) is -0.871. The van der Waals surface area contributed by atoms with Crippen LogP contribution >= 0.6 is 0 Å². The summed E-state index contributed by atoms with van der Waals surface area (Å²) in [6.45, 7) is 3.64. The Balaban J connectivity index is 1.51. The highest BCUT2D eigenvalue weighted by Crippen LogP contribution is 2.41. The van der Waals surface area contributed by atoms with Crippen LogP contribution in [0.1, 0.15) is 32.6 Å². The summed E-state index contributed by atoms with van der Waals surface area (Å²) in [7, 11) is -4.34. The Morgan fingerprint density at radius 3 is 2.56 bits per heavy atom. The highest BCUT2D eigenvalue weighted by molar-refractivity contribution is 7.89. The van der Waals surface area contributed by atoms with Gasteiger partial charge in [0.25, 0.3) is 5.69 Å². The standard InChI is InChI=1S/C22H28N2O9S/c1-21-14-31-22(32-15-21,33-16-21)19(10-4-6-12-29-20-11-5-7-13-30-20)23-34(27,28)18-9-3-2-8-17(18)24(25)26/h2-3,8-9,19-20,23H,5,7,10-16H2,1H3/t19-,20?,21?,22?/m0/s1. The Bertz CT molecular complexity index is 1040. The maximum Gasteiger partial charge on any atom is 0.301 e. The van der Waals surface area contributed by atoms with E-state index in [2.05, 4.69) is 16.6 Å². The first-order chi connectivity index (χ1) is 16.2. The molecule has 1 aromatic rings. The van der Waals surface area contributed by atoms with Crippen molar-refractivity contribution in [3.8, 4) is 11.8 Å². The van der Waals surface area contributed by atoms with Crippen molar-refractivity contribution in [2.45, 2.75) is 55.8 Å². The molecule has 0 radical (unpaired) electrons. The fourth-order valence-electron chi connectivity index (χ4n) is 3.90. The lowest BCUT2D eigenvalue weighted by atomic mass is 9.91. The van der Waals surface area contributed by atoms with E-state index < -0.39 is 37.5 Å². The average Bonchev–Trinajstić information content (AvgIpc) is 2.84. The van der Waals surface area contributed by atoms with E-state index in [0.29, 0.717) is 26.4 Å². The van der Waals surface area contributed by atoms with Gasteiger partial charge in [-0.25, -0.2) is 8.42 Å². The van der Waals surface area contributed by atoms with Gasteiger partial charge < -0.3 is 23.7 Å². The molecule has 0 amide bonds.